The number of aryl methyl sites for hydroxylation is 1. The van der Waals surface area contributed by atoms with Gasteiger partial charge in [0.15, 0.2) is 4.80 Å². The number of phenolic OH excluding ortho intramolecular Hbond substituents is 1. The highest BCUT2D eigenvalue weighted by atomic mass is 79.9. The van der Waals surface area contributed by atoms with Gasteiger partial charge in [0.25, 0.3) is 5.56 Å². The molecule has 2 aliphatic rings. The molecule has 0 fully saturated rings. The van der Waals surface area contributed by atoms with Crippen LogP contribution in [-0.2, 0) is 6.42 Å². The smallest absolute Gasteiger partial charge is 0.271 e. The molecule has 2 heterocycles. The van der Waals surface area contributed by atoms with Crippen molar-refractivity contribution >= 4 is 50.6 Å². The van der Waals surface area contributed by atoms with Crippen LogP contribution in [0.25, 0.3) is 11.8 Å². The molecule has 180 valence electrons. The van der Waals surface area contributed by atoms with Crippen molar-refractivity contribution in [2.24, 2.45) is 4.99 Å². The van der Waals surface area contributed by atoms with Gasteiger partial charge in [-0.3, -0.25) is 9.36 Å². The van der Waals surface area contributed by atoms with Gasteiger partial charge in [0.2, 0.25) is 0 Å². The van der Waals surface area contributed by atoms with Crippen LogP contribution in [0.3, 0.4) is 0 Å². The number of methoxy groups -OCH3 is 1. The maximum Gasteiger partial charge on any atom is 0.271 e. The van der Waals surface area contributed by atoms with Crippen LogP contribution in [0.5, 0.6) is 11.5 Å². The number of thiazole rings is 1. The first-order valence-corrected chi connectivity index (χ1v) is 13.4. The second-order valence-corrected chi connectivity index (χ2v) is 11.0. The summed E-state index contributed by atoms with van der Waals surface area (Å²) in [5.74, 6) is 0.696. The predicted octanol–water partition coefficient (Wildman–Crippen LogP) is 5.45. The minimum atomic E-state index is -0.280. The third-order valence-electron chi connectivity index (χ3n) is 6.65. The number of phenols is 1. The Morgan fingerprint density at radius 1 is 1.17 bits per heavy atom. The molecular weight excluding hydrogens is 560 g/mol. The molecule has 0 unspecified atom stereocenters. The van der Waals surface area contributed by atoms with Gasteiger partial charge in [-0.25, -0.2) is 4.99 Å². The average Bonchev–Trinajstić information content (AvgIpc) is 3.20. The molecule has 4 aromatic rings. The van der Waals surface area contributed by atoms with E-state index in [4.69, 9.17) is 21.3 Å². The average molecular weight is 580 g/mol. The van der Waals surface area contributed by atoms with E-state index in [0.29, 0.717) is 19.4 Å². The van der Waals surface area contributed by atoms with Gasteiger partial charge in [0, 0.05) is 15.6 Å². The molecule has 0 saturated carbocycles. The maximum absolute atomic E-state index is 13.8. The SMILES string of the molecule is COc1ccc([C@H]2C3=C(N=c4s/c(=C/c5cc(Br)cc(Cl)c5O)c(=O)n42)c2ccccc2CC3)cc1. The summed E-state index contributed by atoms with van der Waals surface area (Å²) in [5.41, 5.74) is 5.77. The molecule has 0 spiro atoms. The number of ether oxygens (including phenoxy) is 1. The van der Waals surface area contributed by atoms with Crippen LogP contribution in [-0.4, -0.2) is 16.8 Å². The summed E-state index contributed by atoms with van der Waals surface area (Å²) >= 11 is 10.9. The topological polar surface area (TPSA) is 63.8 Å². The van der Waals surface area contributed by atoms with Crippen molar-refractivity contribution in [1.29, 1.82) is 0 Å². The lowest BCUT2D eigenvalue weighted by molar-refractivity contribution is 0.414. The lowest BCUT2D eigenvalue weighted by atomic mass is 9.83. The third kappa shape index (κ3) is 3.82. The van der Waals surface area contributed by atoms with Gasteiger partial charge in [-0.2, -0.15) is 0 Å². The van der Waals surface area contributed by atoms with E-state index in [1.165, 1.54) is 16.9 Å². The van der Waals surface area contributed by atoms with E-state index in [1.54, 1.807) is 29.9 Å². The van der Waals surface area contributed by atoms with Crippen molar-refractivity contribution in [1.82, 2.24) is 4.57 Å². The largest absolute Gasteiger partial charge is 0.506 e. The van der Waals surface area contributed by atoms with E-state index < -0.39 is 0 Å². The molecule has 0 amide bonds. The zero-order valence-corrected chi connectivity index (χ0v) is 22.3. The molecule has 5 nitrogen and oxygen atoms in total. The molecule has 1 N–H and O–H groups in total. The van der Waals surface area contributed by atoms with E-state index in [-0.39, 0.29) is 22.4 Å². The first-order valence-electron chi connectivity index (χ1n) is 11.4. The van der Waals surface area contributed by atoms with Crippen LogP contribution in [0.4, 0.5) is 0 Å². The number of allylic oxidation sites excluding steroid dienone is 1. The van der Waals surface area contributed by atoms with Crippen molar-refractivity contribution in [3.63, 3.8) is 0 Å². The minimum Gasteiger partial charge on any atom is -0.506 e. The summed E-state index contributed by atoms with van der Waals surface area (Å²) in [4.78, 5) is 19.5. The van der Waals surface area contributed by atoms with Gasteiger partial charge < -0.3 is 9.84 Å². The Morgan fingerprint density at radius 2 is 1.94 bits per heavy atom. The predicted molar refractivity (Wildman–Crippen MR) is 147 cm³/mol. The maximum atomic E-state index is 13.8. The van der Waals surface area contributed by atoms with E-state index in [2.05, 4.69) is 34.1 Å². The van der Waals surface area contributed by atoms with E-state index >= 15 is 0 Å². The summed E-state index contributed by atoms with van der Waals surface area (Å²) in [5, 5.41) is 10.7. The Morgan fingerprint density at radius 3 is 2.72 bits per heavy atom. The second-order valence-electron chi connectivity index (χ2n) is 8.71. The fourth-order valence-electron chi connectivity index (χ4n) is 4.95. The number of fused-ring (bicyclic) bond motifs is 3. The number of nitrogens with zero attached hydrogens (tertiary/aromatic N) is 2. The van der Waals surface area contributed by atoms with Gasteiger partial charge in [-0.05, 0) is 59.9 Å². The lowest BCUT2D eigenvalue weighted by Crippen LogP contribution is -2.38. The zero-order chi connectivity index (χ0) is 25.0. The van der Waals surface area contributed by atoms with E-state index in [9.17, 15) is 9.90 Å². The number of benzene rings is 3. The zero-order valence-electron chi connectivity index (χ0n) is 19.2. The fraction of sp³-hybridized carbons (Fsp3) is 0.143. The summed E-state index contributed by atoms with van der Waals surface area (Å²) in [7, 11) is 1.64. The Hall–Kier alpha value is -3.13. The summed E-state index contributed by atoms with van der Waals surface area (Å²) in [6.45, 7) is 0. The number of halogens is 2. The molecule has 1 aliphatic heterocycles. The molecule has 36 heavy (non-hydrogen) atoms. The Labute approximate surface area is 224 Å². The molecule has 8 heteroatoms. The first kappa shape index (κ1) is 23.3. The molecule has 1 atom stereocenters. The summed E-state index contributed by atoms with van der Waals surface area (Å²) in [6.07, 6.45) is 3.39. The highest BCUT2D eigenvalue weighted by molar-refractivity contribution is 9.10. The standard InChI is InChI=1S/C28H20BrClN2O3S/c1-35-19-9-6-16(7-10-19)25-21-11-8-15-4-2-3-5-20(15)24(21)31-28-32(25)27(34)23(36-28)13-17-12-18(29)14-22(30)26(17)33/h2-7,9-10,12-14,25,33H,8,11H2,1H3/b23-13+/t25-/m0/s1. The van der Waals surface area contributed by atoms with Crippen molar-refractivity contribution in [2.75, 3.05) is 7.11 Å². The van der Waals surface area contributed by atoms with Crippen molar-refractivity contribution in [3.05, 3.63) is 118 Å². The van der Waals surface area contributed by atoms with Gasteiger partial charge in [-0.1, -0.05) is 75.3 Å². The lowest BCUT2D eigenvalue weighted by Gasteiger charge is -2.30. The van der Waals surface area contributed by atoms with Gasteiger partial charge >= 0.3 is 0 Å². The Kier molecular flexibility index (Phi) is 5.86. The third-order valence-corrected chi connectivity index (χ3v) is 8.38. The van der Waals surface area contributed by atoms with Crippen LogP contribution in [0.2, 0.25) is 5.02 Å². The Balaban J connectivity index is 1.62. The molecule has 1 aromatic heterocycles. The number of aromatic nitrogens is 1. The molecule has 0 bridgehead atoms. The van der Waals surface area contributed by atoms with Gasteiger partial charge in [0.1, 0.15) is 11.5 Å². The van der Waals surface area contributed by atoms with Crippen molar-refractivity contribution in [2.45, 2.75) is 18.9 Å². The van der Waals surface area contributed by atoms with E-state index in [0.717, 1.165) is 41.0 Å². The minimum absolute atomic E-state index is 0.0642. The summed E-state index contributed by atoms with van der Waals surface area (Å²) < 4.78 is 8.33. The second kappa shape index (κ2) is 9.07. The molecule has 1 aliphatic carbocycles. The fourth-order valence-corrected chi connectivity index (χ4v) is 6.77. The Bertz CT molecular complexity index is 1740. The molecule has 0 radical (unpaired) electrons. The molecule has 6 rings (SSSR count). The first-order chi connectivity index (χ1) is 17.4. The normalized spacial score (nSPS) is 16.8. The quantitative estimate of drug-likeness (QED) is 0.351. The van der Waals surface area contributed by atoms with Crippen LogP contribution in [0.1, 0.15) is 34.7 Å². The van der Waals surface area contributed by atoms with Crippen LogP contribution in [0.15, 0.2) is 80.5 Å². The van der Waals surface area contributed by atoms with Gasteiger partial charge in [-0.15, -0.1) is 0 Å². The molecule has 3 aromatic carbocycles. The highest BCUT2D eigenvalue weighted by Gasteiger charge is 2.32. The molecule has 0 saturated heterocycles. The van der Waals surface area contributed by atoms with Crippen LogP contribution >= 0.6 is 38.9 Å². The number of hydrogen-bond acceptors (Lipinski definition) is 5. The number of aromatic hydroxyl groups is 1. The highest BCUT2D eigenvalue weighted by Crippen LogP contribution is 2.41. The van der Waals surface area contributed by atoms with E-state index in [1.807, 2.05) is 30.3 Å². The molecular formula is C28H20BrClN2O3S. The van der Waals surface area contributed by atoms with Crippen molar-refractivity contribution in [3.8, 4) is 11.5 Å². The van der Waals surface area contributed by atoms with Crippen LogP contribution in [0, 0.1) is 0 Å². The summed E-state index contributed by atoms with van der Waals surface area (Å²) in [6, 6.07) is 19.3. The number of rotatable bonds is 3. The van der Waals surface area contributed by atoms with Crippen molar-refractivity contribution < 1.29 is 9.84 Å². The number of hydrogen-bond donors (Lipinski definition) is 1. The van der Waals surface area contributed by atoms with Gasteiger partial charge in [0.05, 0.1) is 28.4 Å². The van der Waals surface area contributed by atoms with Crippen LogP contribution < -0.4 is 19.6 Å². The monoisotopic (exact) mass is 578 g/mol.